The summed E-state index contributed by atoms with van der Waals surface area (Å²) in [6, 6.07) is 0. The highest BCUT2D eigenvalue weighted by atomic mass is 15.1. The third-order valence-corrected chi connectivity index (χ3v) is 3.88. The summed E-state index contributed by atoms with van der Waals surface area (Å²) in [7, 11) is 0. The first-order chi connectivity index (χ1) is 7.38. The lowest BCUT2D eigenvalue weighted by molar-refractivity contribution is 0.249. The minimum Gasteiger partial charge on any atom is -0.326 e. The number of likely N-dealkylation sites (tertiary alicyclic amines) is 1. The molecule has 1 aliphatic heterocycles. The minimum absolute atomic E-state index is 0.0102. The van der Waals surface area contributed by atoms with Crippen molar-refractivity contribution in [1.82, 2.24) is 4.90 Å². The Morgan fingerprint density at radius 3 is 2.50 bits per heavy atom. The zero-order valence-corrected chi connectivity index (χ0v) is 11.6. The Morgan fingerprint density at radius 1 is 1.25 bits per heavy atom. The smallest absolute Gasteiger partial charge is 0.0109 e. The predicted octanol–water partition coefficient (Wildman–Crippen LogP) is 2.87. The first-order valence-corrected chi connectivity index (χ1v) is 6.90. The number of hydrogen-bond acceptors (Lipinski definition) is 2. The fraction of sp³-hybridized carbons (Fsp3) is 1.00. The van der Waals surface area contributed by atoms with Crippen LogP contribution < -0.4 is 5.73 Å². The van der Waals surface area contributed by atoms with E-state index in [-0.39, 0.29) is 5.54 Å². The third-order valence-electron chi connectivity index (χ3n) is 3.88. The van der Waals surface area contributed by atoms with E-state index in [4.69, 9.17) is 5.73 Å². The van der Waals surface area contributed by atoms with Crippen molar-refractivity contribution >= 4 is 0 Å². The van der Waals surface area contributed by atoms with Gasteiger partial charge in [0.2, 0.25) is 0 Å². The molecule has 1 unspecified atom stereocenters. The van der Waals surface area contributed by atoms with Crippen LogP contribution in [-0.4, -0.2) is 30.1 Å². The van der Waals surface area contributed by atoms with Gasteiger partial charge in [-0.15, -0.1) is 0 Å². The average molecular weight is 226 g/mol. The van der Waals surface area contributed by atoms with Crippen molar-refractivity contribution in [2.75, 3.05) is 19.6 Å². The second-order valence-corrected chi connectivity index (χ2v) is 6.52. The van der Waals surface area contributed by atoms with Crippen LogP contribution in [0.4, 0.5) is 0 Å². The SMILES string of the molecule is CC(C)C1CCCN(CCC(C)(C)N)CC1. The predicted molar refractivity (Wildman–Crippen MR) is 71.5 cm³/mol. The summed E-state index contributed by atoms with van der Waals surface area (Å²) >= 11 is 0. The van der Waals surface area contributed by atoms with E-state index in [1.807, 2.05) is 0 Å². The molecule has 1 atom stereocenters. The van der Waals surface area contributed by atoms with Crippen LogP contribution in [0.2, 0.25) is 0 Å². The normalized spacial score (nSPS) is 24.8. The Kier molecular flexibility index (Phi) is 5.26. The minimum atomic E-state index is -0.0102. The van der Waals surface area contributed by atoms with E-state index >= 15 is 0 Å². The van der Waals surface area contributed by atoms with Gasteiger partial charge in [-0.3, -0.25) is 0 Å². The molecule has 0 radical (unpaired) electrons. The summed E-state index contributed by atoms with van der Waals surface area (Å²) in [6.45, 7) is 12.7. The molecular formula is C14H30N2. The van der Waals surface area contributed by atoms with Crippen molar-refractivity contribution in [1.29, 1.82) is 0 Å². The molecule has 0 aromatic rings. The molecule has 0 aliphatic carbocycles. The lowest BCUT2D eigenvalue weighted by atomic mass is 9.89. The van der Waals surface area contributed by atoms with E-state index < -0.39 is 0 Å². The van der Waals surface area contributed by atoms with Crippen LogP contribution in [0.25, 0.3) is 0 Å². The Bertz CT molecular complexity index is 193. The van der Waals surface area contributed by atoms with Crippen molar-refractivity contribution in [3.8, 4) is 0 Å². The van der Waals surface area contributed by atoms with Gasteiger partial charge in [-0.2, -0.15) is 0 Å². The molecule has 1 fully saturated rings. The summed E-state index contributed by atoms with van der Waals surface area (Å²) in [4.78, 5) is 2.61. The van der Waals surface area contributed by atoms with Gasteiger partial charge in [0.15, 0.2) is 0 Å². The summed E-state index contributed by atoms with van der Waals surface area (Å²) < 4.78 is 0. The zero-order valence-electron chi connectivity index (χ0n) is 11.6. The standard InChI is InChI=1S/C14H30N2/c1-12(2)13-6-5-9-16(10-7-13)11-8-14(3,4)15/h12-13H,5-11,15H2,1-4H3. The van der Waals surface area contributed by atoms with Gasteiger partial charge in [-0.05, 0) is 71.0 Å². The molecule has 96 valence electrons. The summed E-state index contributed by atoms with van der Waals surface area (Å²) in [5.74, 6) is 1.79. The Hall–Kier alpha value is -0.0800. The molecule has 1 rings (SSSR count). The maximum Gasteiger partial charge on any atom is 0.0109 e. The Balaban J connectivity index is 2.30. The topological polar surface area (TPSA) is 29.3 Å². The van der Waals surface area contributed by atoms with E-state index in [1.165, 1.54) is 38.9 Å². The average Bonchev–Trinajstić information content (AvgIpc) is 2.38. The Morgan fingerprint density at radius 2 is 1.94 bits per heavy atom. The molecule has 2 nitrogen and oxygen atoms in total. The van der Waals surface area contributed by atoms with Crippen LogP contribution in [0.1, 0.15) is 53.4 Å². The molecule has 1 heterocycles. The van der Waals surface area contributed by atoms with E-state index in [9.17, 15) is 0 Å². The van der Waals surface area contributed by atoms with Gasteiger partial charge in [-0.1, -0.05) is 13.8 Å². The zero-order chi connectivity index (χ0) is 12.2. The van der Waals surface area contributed by atoms with Gasteiger partial charge < -0.3 is 10.6 Å². The number of hydrogen-bond donors (Lipinski definition) is 1. The number of rotatable bonds is 4. The van der Waals surface area contributed by atoms with Crippen LogP contribution in [-0.2, 0) is 0 Å². The van der Waals surface area contributed by atoms with E-state index in [1.54, 1.807) is 0 Å². The number of nitrogens with zero attached hydrogens (tertiary/aromatic N) is 1. The fourth-order valence-corrected chi connectivity index (χ4v) is 2.52. The molecule has 0 bridgehead atoms. The van der Waals surface area contributed by atoms with E-state index in [0.29, 0.717) is 0 Å². The summed E-state index contributed by atoms with van der Waals surface area (Å²) in [5.41, 5.74) is 6.03. The highest BCUT2D eigenvalue weighted by Gasteiger charge is 2.20. The fourth-order valence-electron chi connectivity index (χ4n) is 2.52. The molecule has 1 aliphatic rings. The van der Waals surface area contributed by atoms with Crippen LogP contribution in [0.3, 0.4) is 0 Å². The monoisotopic (exact) mass is 226 g/mol. The molecule has 16 heavy (non-hydrogen) atoms. The first kappa shape index (κ1) is 14.0. The van der Waals surface area contributed by atoms with Crippen molar-refractivity contribution in [2.24, 2.45) is 17.6 Å². The molecule has 1 saturated heterocycles. The maximum absolute atomic E-state index is 6.04. The van der Waals surface area contributed by atoms with Gasteiger partial charge in [0.25, 0.3) is 0 Å². The van der Waals surface area contributed by atoms with Gasteiger partial charge in [0.1, 0.15) is 0 Å². The molecule has 0 amide bonds. The third kappa shape index (κ3) is 5.31. The maximum atomic E-state index is 6.04. The lowest BCUT2D eigenvalue weighted by Crippen LogP contribution is -2.37. The molecule has 2 heteroatoms. The molecule has 2 N–H and O–H groups in total. The molecule has 0 aromatic carbocycles. The molecular weight excluding hydrogens is 196 g/mol. The molecule has 0 aromatic heterocycles. The largest absolute Gasteiger partial charge is 0.326 e. The van der Waals surface area contributed by atoms with E-state index in [2.05, 4.69) is 32.6 Å². The van der Waals surface area contributed by atoms with Gasteiger partial charge in [0.05, 0.1) is 0 Å². The van der Waals surface area contributed by atoms with Crippen molar-refractivity contribution in [2.45, 2.75) is 58.9 Å². The van der Waals surface area contributed by atoms with E-state index in [0.717, 1.165) is 18.3 Å². The highest BCUT2D eigenvalue weighted by molar-refractivity contribution is 4.77. The highest BCUT2D eigenvalue weighted by Crippen LogP contribution is 2.24. The van der Waals surface area contributed by atoms with Crippen molar-refractivity contribution in [3.05, 3.63) is 0 Å². The second-order valence-electron chi connectivity index (χ2n) is 6.52. The number of nitrogens with two attached hydrogens (primary N) is 1. The second kappa shape index (κ2) is 6.02. The lowest BCUT2D eigenvalue weighted by Gasteiger charge is -2.25. The molecule has 0 spiro atoms. The van der Waals surface area contributed by atoms with Crippen LogP contribution >= 0.6 is 0 Å². The molecule has 0 saturated carbocycles. The van der Waals surface area contributed by atoms with Crippen molar-refractivity contribution < 1.29 is 0 Å². The van der Waals surface area contributed by atoms with Crippen LogP contribution in [0.15, 0.2) is 0 Å². The van der Waals surface area contributed by atoms with Crippen molar-refractivity contribution in [3.63, 3.8) is 0 Å². The summed E-state index contributed by atoms with van der Waals surface area (Å²) in [5, 5.41) is 0. The first-order valence-electron chi connectivity index (χ1n) is 6.90. The quantitative estimate of drug-likeness (QED) is 0.798. The Labute approximate surface area is 102 Å². The van der Waals surface area contributed by atoms with Crippen LogP contribution in [0.5, 0.6) is 0 Å². The van der Waals surface area contributed by atoms with Gasteiger partial charge >= 0.3 is 0 Å². The van der Waals surface area contributed by atoms with Crippen LogP contribution in [0, 0.1) is 11.8 Å². The van der Waals surface area contributed by atoms with Gasteiger partial charge in [-0.25, -0.2) is 0 Å². The summed E-state index contributed by atoms with van der Waals surface area (Å²) in [6.07, 6.45) is 5.27. The van der Waals surface area contributed by atoms with Gasteiger partial charge in [0, 0.05) is 5.54 Å².